The SMILES string of the molecule is CC(=O)O.CC(=O)O.CC(=O)O.CC(=O)O.CC(=O)O.NCCNCCN.O=C(O)C(O)C(O)C(=O)O. The molecule has 0 amide bonds. The van der Waals surface area contributed by atoms with Gasteiger partial charge in [-0.15, -0.1) is 0 Å². The number of aliphatic carboxylic acids is 7. The molecule has 37 heavy (non-hydrogen) atoms. The van der Waals surface area contributed by atoms with Crippen LogP contribution < -0.4 is 16.8 Å². The average molecular weight is 554 g/mol. The standard InChI is InChI=1S/C4H13N3.C4H6O6.5C2H4O2/c5-1-3-7-4-2-6;5-1(3(7)8)2(6)4(9)10;5*1-2(3)4/h7H,1-6H2;1-2,5-6H,(H,7,8)(H,9,10);5*1H3,(H,3,4). The highest BCUT2D eigenvalue weighted by Gasteiger charge is 2.29. The Labute approximate surface area is 211 Å². The van der Waals surface area contributed by atoms with Gasteiger partial charge in [0.15, 0.2) is 12.2 Å². The second-order valence-corrected chi connectivity index (χ2v) is 5.49. The van der Waals surface area contributed by atoms with Crippen molar-refractivity contribution in [2.24, 2.45) is 11.5 Å². The summed E-state index contributed by atoms with van der Waals surface area (Å²) in [6.45, 7) is 8.55. The Morgan fingerprint density at radius 2 is 0.649 bits per heavy atom. The number of nitrogens with one attached hydrogen (secondary N) is 1. The molecule has 0 spiro atoms. The fraction of sp³-hybridized carbons (Fsp3) is 0.611. The predicted octanol–water partition coefficient (Wildman–Crippen LogP) is -3.17. The largest absolute Gasteiger partial charge is 0.481 e. The van der Waals surface area contributed by atoms with Gasteiger partial charge >= 0.3 is 11.9 Å². The Kier molecular flexibility index (Phi) is 53.2. The first-order valence-electron chi connectivity index (χ1n) is 9.44. The lowest BCUT2D eigenvalue weighted by Gasteiger charge is -2.07. The number of nitrogens with two attached hydrogens (primary N) is 2. The molecule has 2 atom stereocenters. The van der Waals surface area contributed by atoms with Crippen LogP contribution in [0.3, 0.4) is 0 Å². The van der Waals surface area contributed by atoms with E-state index in [0.29, 0.717) is 13.1 Å². The van der Waals surface area contributed by atoms with Gasteiger partial charge in [0, 0.05) is 60.8 Å². The molecule has 0 aliphatic heterocycles. The van der Waals surface area contributed by atoms with Gasteiger partial charge in [0.05, 0.1) is 0 Å². The van der Waals surface area contributed by atoms with Gasteiger partial charge in [-0.1, -0.05) is 0 Å². The normalized spacial score (nSPS) is 9.43. The Hall–Kier alpha value is -3.91. The quantitative estimate of drug-likeness (QED) is 0.138. The van der Waals surface area contributed by atoms with Gasteiger partial charge in [-0.25, -0.2) is 9.59 Å². The first kappa shape index (κ1) is 50.1. The van der Waals surface area contributed by atoms with E-state index in [1.54, 1.807) is 0 Å². The molecule has 0 aromatic carbocycles. The molecule has 222 valence electrons. The highest BCUT2D eigenvalue weighted by molar-refractivity contribution is 5.83. The number of carboxylic acid groups (broad SMARTS) is 7. The summed E-state index contributed by atoms with van der Waals surface area (Å²) in [5.41, 5.74) is 10.3. The summed E-state index contributed by atoms with van der Waals surface area (Å²) in [5.74, 6) is -7.70. The molecule has 0 heterocycles. The molecule has 0 saturated heterocycles. The summed E-state index contributed by atoms with van der Waals surface area (Å²) < 4.78 is 0. The zero-order valence-corrected chi connectivity index (χ0v) is 21.0. The number of carboxylic acids is 7. The van der Waals surface area contributed by atoms with Crippen LogP contribution in [0.1, 0.15) is 34.6 Å². The van der Waals surface area contributed by atoms with E-state index in [9.17, 15) is 9.59 Å². The fourth-order valence-corrected chi connectivity index (χ4v) is 0.599. The lowest BCUT2D eigenvalue weighted by Crippen LogP contribution is -2.39. The van der Waals surface area contributed by atoms with Gasteiger partial charge in [0.25, 0.3) is 29.8 Å². The topological polar surface area (TPSA) is 366 Å². The zero-order chi connectivity index (χ0) is 31.7. The highest BCUT2D eigenvalue weighted by Crippen LogP contribution is 1.92. The Morgan fingerprint density at radius 3 is 0.730 bits per heavy atom. The maximum absolute atomic E-state index is 9.77. The van der Waals surface area contributed by atoms with Crippen LogP contribution in [-0.2, 0) is 33.6 Å². The maximum Gasteiger partial charge on any atom is 0.335 e. The number of rotatable bonds is 7. The highest BCUT2D eigenvalue weighted by atomic mass is 16.4. The van der Waals surface area contributed by atoms with E-state index in [1.807, 2.05) is 0 Å². The molecule has 0 aliphatic carbocycles. The van der Waals surface area contributed by atoms with Gasteiger partial charge in [0.1, 0.15) is 0 Å². The monoisotopic (exact) mass is 553 g/mol. The second kappa shape index (κ2) is 39.3. The van der Waals surface area contributed by atoms with Crippen molar-refractivity contribution < 1.29 is 79.5 Å². The smallest absolute Gasteiger partial charge is 0.335 e. The first-order valence-corrected chi connectivity index (χ1v) is 9.44. The molecular weight excluding hydrogens is 514 g/mol. The van der Waals surface area contributed by atoms with Crippen molar-refractivity contribution in [3.63, 3.8) is 0 Å². The summed E-state index contributed by atoms with van der Waals surface area (Å²) in [4.78, 5) is 64.5. The van der Waals surface area contributed by atoms with Crippen molar-refractivity contribution in [1.82, 2.24) is 5.32 Å². The summed E-state index contributed by atoms with van der Waals surface area (Å²) in [5, 5.41) is 72.6. The first-order chi connectivity index (χ1) is 16.5. The molecule has 2 unspecified atom stereocenters. The summed E-state index contributed by atoms with van der Waals surface area (Å²) >= 11 is 0. The predicted molar refractivity (Wildman–Crippen MR) is 125 cm³/mol. The minimum Gasteiger partial charge on any atom is -0.481 e. The molecule has 0 aromatic heterocycles. The van der Waals surface area contributed by atoms with Crippen molar-refractivity contribution in [2.45, 2.75) is 46.8 Å². The van der Waals surface area contributed by atoms with Crippen molar-refractivity contribution >= 4 is 41.8 Å². The van der Waals surface area contributed by atoms with Crippen LogP contribution in [0.2, 0.25) is 0 Å². The number of hydrogen-bond acceptors (Lipinski definition) is 12. The van der Waals surface area contributed by atoms with Gasteiger partial charge < -0.3 is 62.7 Å². The van der Waals surface area contributed by atoms with Gasteiger partial charge in [0.2, 0.25) is 0 Å². The number of aliphatic hydroxyl groups is 2. The molecule has 14 N–H and O–H groups in total. The molecule has 0 rings (SSSR count). The van der Waals surface area contributed by atoms with E-state index in [4.69, 9.17) is 81.4 Å². The number of carbonyl (C=O) groups is 7. The number of hydrogen-bond donors (Lipinski definition) is 12. The molecule has 0 radical (unpaired) electrons. The van der Waals surface area contributed by atoms with Gasteiger partial charge in [-0.3, -0.25) is 24.0 Å². The van der Waals surface area contributed by atoms with E-state index < -0.39 is 54.0 Å². The molecular formula is C18H39N3O16. The van der Waals surface area contributed by atoms with Crippen LogP contribution in [-0.4, -0.2) is 126 Å². The van der Waals surface area contributed by atoms with E-state index in [0.717, 1.165) is 47.7 Å². The molecule has 19 nitrogen and oxygen atoms in total. The van der Waals surface area contributed by atoms with Crippen LogP contribution in [0.5, 0.6) is 0 Å². The number of aliphatic hydroxyl groups excluding tert-OH is 2. The average Bonchev–Trinajstić information content (AvgIpc) is 2.65. The van der Waals surface area contributed by atoms with Crippen molar-refractivity contribution in [1.29, 1.82) is 0 Å². The fourth-order valence-electron chi connectivity index (χ4n) is 0.599. The third-order valence-electron chi connectivity index (χ3n) is 1.45. The third kappa shape index (κ3) is 199. The Balaban J connectivity index is -0.0000000593. The van der Waals surface area contributed by atoms with Crippen molar-refractivity contribution in [3.05, 3.63) is 0 Å². The summed E-state index contributed by atoms with van der Waals surface area (Å²) in [6.07, 6.45) is -4.53. The van der Waals surface area contributed by atoms with Crippen LogP contribution in [0, 0.1) is 0 Å². The van der Waals surface area contributed by atoms with Gasteiger partial charge in [-0.2, -0.15) is 0 Å². The van der Waals surface area contributed by atoms with Crippen LogP contribution >= 0.6 is 0 Å². The Morgan fingerprint density at radius 1 is 0.514 bits per heavy atom. The summed E-state index contributed by atoms with van der Waals surface area (Å²) in [6, 6.07) is 0. The minimum atomic E-state index is -2.27. The van der Waals surface area contributed by atoms with E-state index in [2.05, 4.69) is 5.32 Å². The molecule has 0 aliphatic rings. The van der Waals surface area contributed by atoms with Crippen LogP contribution in [0.15, 0.2) is 0 Å². The summed E-state index contributed by atoms with van der Waals surface area (Å²) in [7, 11) is 0. The molecule has 0 bridgehead atoms. The molecule has 0 saturated carbocycles. The van der Waals surface area contributed by atoms with E-state index in [-0.39, 0.29) is 0 Å². The second-order valence-electron chi connectivity index (χ2n) is 5.49. The lowest BCUT2D eigenvalue weighted by atomic mass is 10.2. The van der Waals surface area contributed by atoms with E-state index >= 15 is 0 Å². The lowest BCUT2D eigenvalue weighted by molar-refractivity contribution is -0.165. The maximum atomic E-state index is 9.77. The molecule has 0 fully saturated rings. The van der Waals surface area contributed by atoms with Crippen LogP contribution in [0.4, 0.5) is 0 Å². The van der Waals surface area contributed by atoms with Crippen molar-refractivity contribution in [2.75, 3.05) is 26.2 Å². The van der Waals surface area contributed by atoms with Crippen molar-refractivity contribution in [3.8, 4) is 0 Å². The van der Waals surface area contributed by atoms with Gasteiger partial charge in [-0.05, 0) is 0 Å². The Bertz CT molecular complexity index is 516. The minimum absolute atomic E-state index is 0.694. The van der Waals surface area contributed by atoms with Crippen LogP contribution in [0.25, 0.3) is 0 Å². The zero-order valence-electron chi connectivity index (χ0n) is 21.0. The molecule has 0 aromatic rings. The molecule has 19 heteroatoms. The third-order valence-corrected chi connectivity index (χ3v) is 1.45. The van der Waals surface area contributed by atoms with E-state index in [1.165, 1.54) is 0 Å².